The normalized spacial score (nSPS) is 11.4. The number of hydrogen-bond donors (Lipinski definition) is 2. The lowest BCUT2D eigenvalue weighted by atomic mass is 10.1. The molecule has 0 radical (unpaired) electrons. The van der Waals surface area contributed by atoms with E-state index in [0.717, 1.165) is 28.3 Å². The zero-order valence-corrected chi connectivity index (χ0v) is 21.4. The summed E-state index contributed by atoms with van der Waals surface area (Å²) in [6, 6.07) is 31.4. The zero-order chi connectivity index (χ0) is 26.8. The van der Waals surface area contributed by atoms with Crippen molar-refractivity contribution >= 4 is 27.2 Å². The highest BCUT2D eigenvalue weighted by molar-refractivity contribution is 7.89. The summed E-state index contributed by atoms with van der Waals surface area (Å²) in [6.07, 6.45) is 5.47. The van der Waals surface area contributed by atoms with Crippen molar-refractivity contribution in [2.75, 3.05) is 5.32 Å². The summed E-state index contributed by atoms with van der Waals surface area (Å²) >= 11 is 0. The van der Waals surface area contributed by atoms with Crippen molar-refractivity contribution in [1.82, 2.24) is 14.4 Å². The topological polar surface area (TPSA) is 112 Å². The van der Waals surface area contributed by atoms with Gasteiger partial charge in [-0.2, -0.15) is 0 Å². The lowest BCUT2D eigenvalue weighted by Gasteiger charge is -2.10. The summed E-state index contributed by atoms with van der Waals surface area (Å²) in [4.78, 5) is 9.45. The van der Waals surface area contributed by atoms with Crippen LogP contribution < -0.4 is 15.2 Å². The van der Waals surface area contributed by atoms with Crippen molar-refractivity contribution in [2.24, 2.45) is 5.14 Å². The van der Waals surface area contributed by atoms with Gasteiger partial charge in [-0.05, 0) is 48.0 Å². The Labute approximate surface area is 225 Å². The second kappa shape index (κ2) is 10.1. The van der Waals surface area contributed by atoms with Gasteiger partial charge in [-0.25, -0.2) is 23.5 Å². The number of imidazole rings is 1. The van der Waals surface area contributed by atoms with E-state index in [-0.39, 0.29) is 4.90 Å². The molecule has 0 bridgehead atoms. The molecular formula is C30H23N5O3S. The molecule has 6 rings (SSSR count). The molecule has 3 N–H and O–H groups in total. The molecule has 8 nitrogen and oxygen atoms in total. The molecule has 9 heteroatoms. The largest absolute Gasteiger partial charge is 0.457 e. The highest BCUT2D eigenvalue weighted by Crippen LogP contribution is 2.34. The molecule has 2 aromatic heterocycles. The summed E-state index contributed by atoms with van der Waals surface area (Å²) in [5.41, 5.74) is 4.28. The number of fused-ring (bicyclic) bond motifs is 1. The van der Waals surface area contributed by atoms with Crippen molar-refractivity contribution in [1.29, 1.82) is 0 Å². The fourth-order valence-electron chi connectivity index (χ4n) is 4.34. The first-order valence-electron chi connectivity index (χ1n) is 12.1. The fraction of sp³-hybridized carbons (Fsp3) is 0. The summed E-state index contributed by atoms with van der Waals surface area (Å²) < 4.78 is 32.1. The van der Waals surface area contributed by atoms with Crippen LogP contribution in [-0.2, 0) is 10.0 Å². The van der Waals surface area contributed by atoms with Gasteiger partial charge in [0, 0.05) is 35.4 Å². The Balaban J connectivity index is 1.30. The van der Waals surface area contributed by atoms with Crippen LogP contribution in [0.1, 0.15) is 0 Å². The maximum Gasteiger partial charge on any atom is 0.238 e. The monoisotopic (exact) mass is 533 g/mol. The van der Waals surface area contributed by atoms with Gasteiger partial charge in [0.25, 0.3) is 0 Å². The smallest absolute Gasteiger partial charge is 0.238 e. The van der Waals surface area contributed by atoms with Crippen LogP contribution in [0.3, 0.4) is 0 Å². The van der Waals surface area contributed by atoms with E-state index in [0.29, 0.717) is 22.8 Å². The van der Waals surface area contributed by atoms with E-state index in [1.165, 1.54) is 6.07 Å². The number of anilines is 2. The average molecular weight is 534 g/mol. The van der Waals surface area contributed by atoms with E-state index in [1.807, 2.05) is 95.7 Å². The number of benzene rings is 4. The van der Waals surface area contributed by atoms with Gasteiger partial charge in [0.1, 0.15) is 11.5 Å². The van der Waals surface area contributed by atoms with Gasteiger partial charge >= 0.3 is 0 Å². The number of sulfonamides is 1. The Hall–Kier alpha value is -4.99. The third-order valence-electron chi connectivity index (χ3n) is 6.16. The van der Waals surface area contributed by atoms with Crippen LogP contribution in [0, 0.1) is 0 Å². The molecule has 0 amide bonds. The number of nitrogens with two attached hydrogens (primary N) is 1. The van der Waals surface area contributed by atoms with E-state index in [4.69, 9.17) is 14.9 Å². The van der Waals surface area contributed by atoms with Gasteiger partial charge in [-0.15, -0.1) is 0 Å². The zero-order valence-electron chi connectivity index (χ0n) is 20.6. The molecule has 0 saturated carbocycles. The Bertz CT molecular complexity index is 1890. The molecule has 2 heterocycles. The summed E-state index contributed by atoms with van der Waals surface area (Å²) in [6.45, 7) is 0. The predicted octanol–water partition coefficient (Wildman–Crippen LogP) is 6.25. The molecular weight excluding hydrogens is 510 g/mol. The number of nitrogens with zero attached hydrogens (tertiary/aromatic N) is 3. The van der Waals surface area contributed by atoms with E-state index < -0.39 is 10.0 Å². The Morgan fingerprint density at radius 3 is 2.26 bits per heavy atom. The van der Waals surface area contributed by atoms with Crippen LogP contribution in [0.15, 0.2) is 127 Å². The van der Waals surface area contributed by atoms with Crippen LogP contribution in [-0.4, -0.2) is 22.8 Å². The third kappa shape index (κ3) is 5.08. The number of nitrogens with one attached hydrogen (secondary N) is 1. The molecule has 0 saturated heterocycles. The molecule has 0 spiro atoms. The molecule has 6 aromatic rings. The van der Waals surface area contributed by atoms with Gasteiger partial charge in [0.2, 0.25) is 10.0 Å². The highest BCUT2D eigenvalue weighted by Gasteiger charge is 2.16. The van der Waals surface area contributed by atoms with Crippen molar-refractivity contribution in [3.63, 3.8) is 0 Å². The maximum absolute atomic E-state index is 12.0. The quantitative estimate of drug-likeness (QED) is 0.251. The van der Waals surface area contributed by atoms with Crippen molar-refractivity contribution in [3.05, 3.63) is 122 Å². The predicted molar refractivity (Wildman–Crippen MR) is 151 cm³/mol. The van der Waals surface area contributed by atoms with Crippen molar-refractivity contribution in [2.45, 2.75) is 4.90 Å². The standard InChI is InChI=1S/C30H23N5O3S/c31-39(36,37)28-13-7-5-10-24(28)21-14-16-22(17-15-21)33-29-30-34-26(20-35(30)19-18-32-29)25-11-4-6-12-27(25)38-23-8-2-1-3-9-23/h1-20H,(H,32,33)(H2,31,36,37). The third-order valence-corrected chi connectivity index (χ3v) is 7.13. The second-order valence-electron chi connectivity index (χ2n) is 8.79. The number of ether oxygens (including phenoxy) is 1. The lowest BCUT2D eigenvalue weighted by molar-refractivity contribution is 0.484. The van der Waals surface area contributed by atoms with Gasteiger partial charge in [0.15, 0.2) is 11.5 Å². The SMILES string of the molecule is NS(=O)(=O)c1ccccc1-c1ccc(Nc2nccn3cc(-c4ccccc4Oc4ccccc4)nc23)cc1. The molecule has 0 aliphatic carbocycles. The molecule has 0 aliphatic rings. The van der Waals surface area contributed by atoms with Crippen molar-refractivity contribution < 1.29 is 13.2 Å². The van der Waals surface area contributed by atoms with E-state index in [1.54, 1.807) is 24.4 Å². The van der Waals surface area contributed by atoms with Crippen LogP contribution in [0.2, 0.25) is 0 Å². The Morgan fingerprint density at radius 2 is 1.49 bits per heavy atom. The molecule has 4 aromatic carbocycles. The van der Waals surface area contributed by atoms with Crippen LogP contribution in [0.4, 0.5) is 11.5 Å². The minimum Gasteiger partial charge on any atom is -0.457 e. The number of primary sulfonamides is 1. The maximum atomic E-state index is 12.0. The molecule has 0 fully saturated rings. The van der Waals surface area contributed by atoms with Crippen LogP contribution in [0.25, 0.3) is 28.0 Å². The molecule has 0 unspecified atom stereocenters. The minimum absolute atomic E-state index is 0.0820. The molecule has 0 aliphatic heterocycles. The van der Waals surface area contributed by atoms with Gasteiger partial charge in [0.05, 0.1) is 10.6 Å². The van der Waals surface area contributed by atoms with Crippen LogP contribution >= 0.6 is 0 Å². The fourth-order valence-corrected chi connectivity index (χ4v) is 5.10. The van der Waals surface area contributed by atoms with E-state index >= 15 is 0 Å². The van der Waals surface area contributed by atoms with Gasteiger partial charge in [-0.3, -0.25) is 0 Å². The number of para-hydroxylation sites is 2. The average Bonchev–Trinajstić information content (AvgIpc) is 3.39. The van der Waals surface area contributed by atoms with Gasteiger partial charge in [-0.1, -0.05) is 60.7 Å². The van der Waals surface area contributed by atoms with Crippen LogP contribution in [0.5, 0.6) is 11.5 Å². The first-order valence-corrected chi connectivity index (χ1v) is 13.7. The first kappa shape index (κ1) is 24.4. The Morgan fingerprint density at radius 1 is 0.795 bits per heavy atom. The second-order valence-corrected chi connectivity index (χ2v) is 10.3. The summed E-state index contributed by atoms with van der Waals surface area (Å²) in [5, 5.41) is 8.73. The summed E-state index contributed by atoms with van der Waals surface area (Å²) in [5.74, 6) is 2.01. The van der Waals surface area contributed by atoms with Crippen molar-refractivity contribution in [3.8, 4) is 33.9 Å². The Kier molecular flexibility index (Phi) is 6.28. The number of hydrogen-bond acceptors (Lipinski definition) is 6. The summed E-state index contributed by atoms with van der Waals surface area (Å²) in [7, 11) is -3.85. The molecule has 39 heavy (non-hydrogen) atoms. The highest BCUT2D eigenvalue weighted by atomic mass is 32.2. The van der Waals surface area contributed by atoms with E-state index in [9.17, 15) is 8.42 Å². The lowest BCUT2D eigenvalue weighted by Crippen LogP contribution is -2.13. The number of rotatable bonds is 7. The molecule has 0 atom stereocenters. The minimum atomic E-state index is -3.85. The first-order chi connectivity index (χ1) is 19.0. The van der Waals surface area contributed by atoms with Gasteiger partial charge < -0.3 is 14.5 Å². The molecule has 192 valence electrons. The van der Waals surface area contributed by atoms with E-state index in [2.05, 4.69) is 10.3 Å². The number of aromatic nitrogens is 3.